The molecule has 0 bridgehead atoms. The summed E-state index contributed by atoms with van der Waals surface area (Å²) in [4.78, 5) is 72.2. The zero-order valence-electron chi connectivity index (χ0n) is 32.5. The van der Waals surface area contributed by atoms with Gasteiger partial charge in [-0.05, 0) is 82.1 Å². The molecule has 5 aliphatic rings. The van der Waals surface area contributed by atoms with Crippen molar-refractivity contribution in [3.8, 4) is 17.3 Å². The average molecular weight is 862 g/mol. The number of pyridine rings is 1. The summed E-state index contributed by atoms with van der Waals surface area (Å²) in [6.07, 6.45) is 8.76. The van der Waals surface area contributed by atoms with Crippen LogP contribution in [0.5, 0.6) is 5.88 Å². The summed E-state index contributed by atoms with van der Waals surface area (Å²) >= 11 is 1.29. The van der Waals surface area contributed by atoms with Gasteiger partial charge in [0, 0.05) is 36.1 Å². The number of hydrogen-bond donors (Lipinski definition) is 3. The number of fused-ring (bicyclic) bond motifs is 5. The third kappa shape index (κ3) is 8.26. The highest BCUT2D eigenvalue weighted by molar-refractivity contribution is 7.91. The van der Waals surface area contributed by atoms with Gasteiger partial charge in [0.05, 0.1) is 23.9 Å². The number of nitrogens with zero attached hydrogens (tertiary/aromatic N) is 4. The molecular formula is C41H44FN7O9S2. The number of ether oxygens (including phenoxy) is 3. The zero-order chi connectivity index (χ0) is 41.6. The van der Waals surface area contributed by atoms with E-state index in [0.717, 1.165) is 31.1 Å². The Labute approximate surface area is 348 Å². The first-order valence-corrected chi connectivity index (χ1v) is 22.7. The Morgan fingerprint density at radius 3 is 2.68 bits per heavy atom. The summed E-state index contributed by atoms with van der Waals surface area (Å²) in [5, 5.41) is 5.60. The molecule has 3 aliphatic carbocycles. The standard InChI is InChI=1S/C41H44FN7O9S2/c42-25-10-6-8-23(18-25)34-45-32-29-13-7-16-43-37(29)59-33(32)36(46-34)57-27-19-31-35(50)47-41(39(52)48-60(54,55)28-14-15-28)20-24(41)9-2-1-5-17-56-22-30(38(51)49(31)21-27)44-40(53)58-26-11-3-4-12-26/h2,6-10,13,16,18,24,26-28,30-31H,1,3-5,11-12,14-15,17,19-22H2,(H,44,53)(H,47,50)(H,48,52)/b9-2-/t24-,27+,30-,31+,41-/m1/s1. The minimum Gasteiger partial charge on any atom is -0.471 e. The fourth-order valence-corrected chi connectivity index (χ4v) is 10.6. The number of alkyl carbamates (subject to hydrolysis) is 1. The number of amides is 4. The van der Waals surface area contributed by atoms with Crippen LogP contribution < -0.4 is 20.1 Å². The topological polar surface area (TPSA) is 208 Å². The molecule has 2 aliphatic heterocycles. The first-order valence-electron chi connectivity index (χ1n) is 20.4. The van der Waals surface area contributed by atoms with Gasteiger partial charge < -0.3 is 29.7 Å². The second kappa shape index (κ2) is 16.3. The lowest BCUT2D eigenvalue weighted by Gasteiger charge is -2.29. The number of halogens is 1. The molecule has 4 fully saturated rings. The summed E-state index contributed by atoms with van der Waals surface area (Å²) in [5.74, 6) is -2.85. The van der Waals surface area contributed by atoms with Gasteiger partial charge in [-0.15, -0.1) is 11.3 Å². The molecule has 4 aromatic rings. The SMILES string of the molecule is O=C(N[C@@H]1COCCC/C=C\[C@@H]2C[C@@]2(C(=O)NS(=O)(=O)C2CC2)NC(=O)[C@@H]2C[C@H](Oc3nc(-c4cccc(F)c4)nc4c3sc3ncccc34)CN2C1=O)OC1CCCC1. The molecule has 0 spiro atoms. The highest BCUT2D eigenvalue weighted by Crippen LogP contribution is 2.46. The smallest absolute Gasteiger partial charge is 0.408 e. The third-order valence-corrected chi connectivity index (χ3v) is 14.6. The van der Waals surface area contributed by atoms with E-state index < -0.39 is 74.5 Å². The Morgan fingerprint density at radius 2 is 1.88 bits per heavy atom. The van der Waals surface area contributed by atoms with Gasteiger partial charge in [-0.25, -0.2) is 27.6 Å². The molecule has 19 heteroatoms. The molecule has 9 rings (SSSR count). The third-order valence-electron chi connectivity index (χ3n) is 11.7. The molecule has 60 heavy (non-hydrogen) atoms. The van der Waals surface area contributed by atoms with Crippen molar-refractivity contribution in [2.24, 2.45) is 5.92 Å². The lowest BCUT2D eigenvalue weighted by molar-refractivity contribution is -0.142. The van der Waals surface area contributed by atoms with Crippen LogP contribution in [-0.4, -0.2) is 107 Å². The number of allylic oxidation sites excluding steroid dienone is 1. The van der Waals surface area contributed by atoms with E-state index in [0.29, 0.717) is 46.3 Å². The molecule has 5 atom stereocenters. The average Bonchev–Trinajstić information content (AvgIpc) is 4.04. The number of aromatic nitrogens is 3. The van der Waals surface area contributed by atoms with Crippen molar-refractivity contribution in [3.05, 3.63) is 60.6 Å². The van der Waals surface area contributed by atoms with Gasteiger partial charge in [0.25, 0.3) is 5.91 Å². The molecule has 3 N–H and O–H groups in total. The number of benzene rings is 1. The number of carbonyl (C=O) groups is 4. The largest absolute Gasteiger partial charge is 0.471 e. The molecule has 1 aromatic carbocycles. The maximum Gasteiger partial charge on any atom is 0.408 e. The van der Waals surface area contributed by atoms with Crippen LogP contribution in [0.25, 0.3) is 31.8 Å². The van der Waals surface area contributed by atoms with Crippen molar-refractivity contribution in [2.75, 3.05) is 19.8 Å². The highest BCUT2D eigenvalue weighted by Gasteiger charge is 2.62. The quantitative estimate of drug-likeness (QED) is 0.212. The number of thiophene rings is 1. The Kier molecular flexibility index (Phi) is 10.9. The highest BCUT2D eigenvalue weighted by atomic mass is 32.2. The van der Waals surface area contributed by atoms with Gasteiger partial charge in [-0.1, -0.05) is 24.3 Å². The normalized spacial score (nSPS) is 27.0. The van der Waals surface area contributed by atoms with Gasteiger partial charge >= 0.3 is 6.09 Å². The Bertz CT molecular complexity index is 2490. The van der Waals surface area contributed by atoms with Crippen molar-refractivity contribution >= 4 is 65.6 Å². The second-order valence-electron chi connectivity index (χ2n) is 16.1. The molecular weight excluding hydrogens is 818 g/mol. The maximum atomic E-state index is 14.7. The van der Waals surface area contributed by atoms with Crippen molar-refractivity contribution in [2.45, 2.75) is 99.3 Å². The fraction of sp³-hybridized carbons (Fsp3) is 0.488. The number of nitrogens with one attached hydrogen (secondary N) is 3. The minimum atomic E-state index is -3.95. The van der Waals surface area contributed by atoms with Gasteiger partial charge in [0.15, 0.2) is 5.82 Å². The first-order chi connectivity index (χ1) is 29.0. The van der Waals surface area contributed by atoms with Crippen LogP contribution in [-0.2, 0) is 33.9 Å². The minimum absolute atomic E-state index is 0.0693. The number of hydrogen-bond acceptors (Lipinski definition) is 13. The molecule has 0 radical (unpaired) electrons. The van der Waals surface area contributed by atoms with Crippen LogP contribution in [0.15, 0.2) is 54.7 Å². The predicted molar refractivity (Wildman–Crippen MR) is 217 cm³/mol. The van der Waals surface area contributed by atoms with Crippen molar-refractivity contribution in [3.63, 3.8) is 0 Å². The van der Waals surface area contributed by atoms with Crippen LogP contribution in [0.3, 0.4) is 0 Å². The van der Waals surface area contributed by atoms with Crippen LogP contribution >= 0.6 is 11.3 Å². The zero-order valence-corrected chi connectivity index (χ0v) is 34.1. The Balaban J connectivity index is 1.05. The molecule has 3 saturated carbocycles. The fourth-order valence-electron chi connectivity index (χ4n) is 8.26. The number of carbonyl (C=O) groups excluding carboxylic acids is 4. The number of sulfonamides is 1. The summed E-state index contributed by atoms with van der Waals surface area (Å²) < 4.78 is 61.2. The molecule has 5 heterocycles. The van der Waals surface area contributed by atoms with Crippen molar-refractivity contribution in [1.82, 2.24) is 35.2 Å². The van der Waals surface area contributed by atoms with Crippen molar-refractivity contribution < 1.29 is 46.2 Å². The van der Waals surface area contributed by atoms with Gasteiger partial charge in [0.1, 0.15) is 45.2 Å². The summed E-state index contributed by atoms with van der Waals surface area (Å²) in [6.45, 7) is -0.0998. The van der Waals surface area contributed by atoms with E-state index in [1.165, 1.54) is 28.4 Å². The van der Waals surface area contributed by atoms with Crippen LogP contribution in [0.4, 0.5) is 9.18 Å². The van der Waals surface area contributed by atoms with Crippen LogP contribution in [0.2, 0.25) is 0 Å². The summed E-state index contributed by atoms with van der Waals surface area (Å²) in [6, 6.07) is 6.99. The van der Waals surface area contributed by atoms with E-state index in [9.17, 15) is 32.0 Å². The monoisotopic (exact) mass is 861 g/mol. The first kappa shape index (κ1) is 40.2. The van der Waals surface area contributed by atoms with E-state index in [4.69, 9.17) is 24.2 Å². The lowest BCUT2D eigenvalue weighted by Crippen LogP contribution is -2.59. The summed E-state index contributed by atoms with van der Waals surface area (Å²) in [7, 11) is -3.95. The second-order valence-corrected chi connectivity index (χ2v) is 19.0. The molecule has 3 aromatic heterocycles. The lowest BCUT2D eigenvalue weighted by atomic mass is 10.1. The van der Waals surface area contributed by atoms with Gasteiger partial charge in [-0.3, -0.25) is 19.1 Å². The molecule has 0 unspecified atom stereocenters. The van der Waals surface area contributed by atoms with E-state index >= 15 is 0 Å². The summed E-state index contributed by atoms with van der Waals surface area (Å²) in [5.41, 5.74) is -0.652. The molecule has 16 nitrogen and oxygen atoms in total. The van der Waals surface area contributed by atoms with Crippen molar-refractivity contribution in [1.29, 1.82) is 0 Å². The van der Waals surface area contributed by atoms with Crippen LogP contribution in [0, 0.1) is 11.7 Å². The van der Waals surface area contributed by atoms with E-state index in [1.54, 1.807) is 30.5 Å². The molecule has 4 amide bonds. The Morgan fingerprint density at radius 1 is 1.05 bits per heavy atom. The van der Waals surface area contributed by atoms with E-state index in [1.807, 2.05) is 12.1 Å². The van der Waals surface area contributed by atoms with E-state index in [-0.39, 0.29) is 50.4 Å². The van der Waals surface area contributed by atoms with Crippen LogP contribution in [0.1, 0.15) is 64.2 Å². The Hall–Kier alpha value is -5.27. The molecule has 1 saturated heterocycles. The van der Waals surface area contributed by atoms with E-state index in [2.05, 4.69) is 20.3 Å². The van der Waals surface area contributed by atoms with Gasteiger partial charge in [0.2, 0.25) is 27.7 Å². The number of rotatable bonds is 8. The maximum absolute atomic E-state index is 14.7. The van der Waals surface area contributed by atoms with Gasteiger partial charge in [-0.2, -0.15) is 4.98 Å². The predicted octanol–water partition coefficient (Wildman–Crippen LogP) is 4.28. The molecule has 316 valence electrons.